The van der Waals surface area contributed by atoms with Crippen molar-refractivity contribution in [2.75, 3.05) is 20.6 Å². The molecule has 1 rings (SSSR count). The number of phenols is 1. The number of aromatic hydroxyl groups is 1. The Balaban J connectivity index is 2.66. The van der Waals surface area contributed by atoms with Crippen molar-refractivity contribution >= 4 is 0 Å². The predicted molar refractivity (Wildman–Crippen MR) is 53.5 cm³/mol. The van der Waals surface area contributed by atoms with Gasteiger partial charge in [0.25, 0.3) is 0 Å². The number of hydrogen-bond donors (Lipinski definition) is 1. The van der Waals surface area contributed by atoms with Gasteiger partial charge in [-0.3, -0.25) is 4.90 Å². The van der Waals surface area contributed by atoms with E-state index in [2.05, 4.69) is 11.8 Å². The molecule has 0 aromatic heterocycles. The van der Waals surface area contributed by atoms with Gasteiger partial charge in [-0.05, 0) is 32.3 Å². The van der Waals surface area contributed by atoms with Crippen LogP contribution in [0.3, 0.4) is 0 Å². The molecule has 2 heteroatoms. The van der Waals surface area contributed by atoms with Gasteiger partial charge in [-0.25, -0.2) is 0 Å². The molecule has 0 fully saturated rings. The van der Waals surface area contributed by atoms with E-state index in [1.165, 1.54) is 0 Å². The number of nitrogens with zero attached hydrogens (tertiary/aromatic N) is 1. The Morgan fingerprint density at radius 1 is 1.38 bits per heavy atom. The second-order valence-electron chi connectivity index (χ2n) is 3.09. The summed E-state index contributed by atoms with van der Waals surface area (Å²) >= 11 is 0. The van der Waals surface area contributed by atoms with Crippen LogP contribution in [0.25, 0.3) is 0 Å². The van der Waals surface area contributed by atoms with Crippen molar-refractivity contribution in [2.45, 2.75) is 0 Å². The smallest absolute Gasteiger partial charge is 0.116 e. The zero-order chi connectivity index (χ0) is 9.68. The summed E-state index contributed by atoms with van der Waals surface area (Å²) in [4.78, 5) is 2.00. The standard InChI is InChI=1S/C11H13NO/c1-12(2)8-4-6-10-5-3-7-11(13)9-10/h3,5,7,9,13H,8H2,1-2H3. The van der Waals surface area contributed by atoms with E-state index in [-0.39, 0.29) is 5.75 Å². The molecule has 0 heterocycles. The van der Waals surface area contributed by atoms with Gasteiger partial charge in [0, 0.05) is 5.56 Å². The zero-order valence-corrected chi connectivity index (χ0v) is 7.91. The molecular formula is C11H13NO. The van der Waals surface area contributed by atoms with Crippen LogP contribution < -0.4 is 0 Å². The summed E-state index contributed by atoms with van der Waals surface area (Å²) < 4.78 is 0. The molecule has 1 aromatic rings. The Bertz CT molecular complexity index is 333. The van der Waals surface area contributed by atoms with Gasteiger partial charge in [0.2, 0.25) is 0 Å². The lowest BCUT2D eigenvalue weighted by Gasteiger charge is -2.00. The first-order valence-electron chi connectivity index (χ1n) is 4.11. The first-order valence-corrected chi connectivity index (χ1v) is 4.11. The first-order chi connectivity index (χ1) is 6.18. The number of benzene rings is 1. The maximum atomic E-state index is 9.14. The molecule has 13 heavy (non-hydrogen) atoms. The average molecular weight is 175 g/mol. The third kappa shape index (κ3) is 3.64. The SMILES string of the molecule is CN(C)CC#Cc1cccc(O)c1. The van der Waals surface area contributed by atoms with Gasteiger partial charge in [-0.15, -0.1) is 0 Å². The molecule has 0 amide bonds. The third-order valence-electron chi connectivity index (χ3n) is 1.47. The van der Waals surface area contributed by atoms with Gasteiger partial charge in [-0.1, -0.05) is 17.9 Å². The van der Waals surface area contributed by atoms with Crippen LogP contribution in [0, 0.1) is 11.8 Å². The van der Waals surface area contributed by atoms with Gasteiger partial charge in [0.1, 0.15) is 5.75 Å². The molecule has 0 bridgehead atoms. The second-order valence-corrected chi connectivity index (χ2v) is 3.09. The van der Waals surface area contributed by atoms with E-state index in [4.69, 9.17) is 5.11 Å². The van der Waals surface area contributed by atoms with E-state index in [1.807, 2.05) is 25.1 Å². The van der Waals surface area contributed by atoms with Crippen LogP contribution >= 0.6 is 0 Å². The van der Waals surface area contributed by atoms with Crippen LogP contribution in [-0.2, 0) is 0 Å². The van der Waals surface area contributed by atoms with Gasteiger partial charge in [-0.2, -0.15) is 0 Å². The molecule has 0 atom stereocenters. The highest BCUT2D eigenvalue weighted by atomic mass is 16.3. The largest absolute Gasteiger partial charge is 0.508 e. The number of phenolic OH excluding ortho intramolecular Hbond substituents is 1. The summed E-state index contributed by atoms with van der Waals surface area (Å²) in [5.41, 5.74) is 0.849. The van der Waals surface area contributed by atoms with Gasteiger partial charge in [0.05, 0.1) is 6.54 Å². The first kappa shape index (κ1) is 9.63. The molecule has 0 aliphatic rings. The summed E-state index contributed by atoms with van der Waals surface area (Å²) in [7, 11) is 3.94. The molecule has 0 saturated heterocycles. The fraction of sp³-hybridized carbons (Fsp3) is 0.273. The van der Waals surface area contributed by atoms with Crippen molar-refractivity contribution in [1.82, 2.24) is 4.90 Å². The zero-order valence-electron chi connectivity index (χ0n) is 7.91. The van der Waals surface area contributed by atoms with E-state index < -0.39 is 0 Å². The highest BCUT2D eigenvalue weighted by molar-refractivity contribution is 5.39. The third-order valence-corrected chi connectivity index (χ3v) is 1.47. The van der Waals surface area contributed by atoms with Crippen LogP contribution in [0.4, 0.5) is 0 Å². The summed E-state index contributed by atoms with van der Waals surface area (Å²) in [5.74, 6) is 6.22. The van der Waals surface area contributed by atoms with E-state index in [9.17, 15) is 0 Å². The fourth-order valence-electron chi connectivity index (χ4n) is 0.883. The Hall–Kier alpha value is -1.46. The van der Waals surface area contributed by atoms with Crippen LogP contribution in [-0.4, -0.2) is 30.6 Å². The molecule has 0 saturated carbocycles. The Kier molecular flexibility index (Phi) is 3.36. The van der Waals surface area contributed by atoms with Gasteiger partial charge >= 0.3 is 0 Å². The Morgan fingerprint density at radius 3 is 2.77 bits per heavy atom. The van der Waals surface area contributed by atoms with Crippen LogP contribution in [0.1, 0.15) is 5.56 Å². The van der Waals surface area contributed by atoms with E-state index in [0.29, 0.717) is 0 Å². The van der Waals surface area contributed by atoms with Crippen molar-refractivity contribution in [3.63, 3.8) is 0 Å². The molecule has 1 N–H and O–H groups in total. The van der Waals surface area contributed by atoms with Gasteiger partial charge < -0.3 is 5.11 Å². The van der Waals surface area contributed by atoms with Crippen molar-refractivity contribution in [2.24, 2.45) is 0 Å². The minimum Gasteiger partial charge on any atom is -0.508 e. The topological polar surface area (TPSA) is 23.5 Å². The van der Waals surface area contributed by atoms with E-state index in [0.717, 1.165) is 12.1 Å². The molecule has 1 aromatic carbocycles. The number of rotatable bonds is 1. The molecule has 0 unspecified atom stereocenters. The minimum absolute atomic E-state index is 0.261. The summed E-state index contributed by atoms with van der Waals surface area (Å²) in [6.45, 7) is 0.732. The van der Waals surface area contributed by atoms with Gasteiger partial charge in [0.15, 0.2) is 0 Å². The highest BCUT2D eigenvalue weighted by Crippen LogP contribution is 2.09. The second kappa shape index (κ2) is 4.54. The molecule has 0 radical (unpaired) electrons. The van der Waals surface area contributed by atoms with Crippen molar-refractivity contribution < 1.29 is 5.11 Å². The monoisotopic (exact) mass is 175 g/mol. The van der Waals surface area contributed by atoms with Crippen molar-refractivity contribution in [3.05, 3.63) is 29.8 Å². The van der Waals surface area contributed by atoms with E-state index in [1.54, 1.807) is 18.2 Å². The predicted octanol–water partition coefficient (Wildman–Crippen LogP) is 1.31. The normalized spacial score (nSPS) is 9.46. The lowest BCUT2D eigenvalue weighted by atomic mass is 10.2. The molecule has 2 nitrogen and oxygen atoms in total. The summed E-state index contributed by atoms with van der Waals surface area (Å²) in [6.07, 6.45) is 0. The molecule has 0 spiro atoms. The van der Waals surface area contributed by atoms with E-state index >= 15 is 0 Å². The lowest BCUT2D eigenvalue weighted by Crippen LogP contribution is -2.10. The molecule has 68 valence electrons. The van der Waals surface area contributed by atoms with Crippen LogP contribution in [0.5, 0.6) is 5.75 Å². The fourth-order valence-corrected chi connectivity index (χ4v) is 0.883. The van der Waals surface area contributed by atoms with Crippen molar-refractivity contribution in [3.8, 4) is 17.6 Å². The minimum atomic E-state index is 0.261. The Labute approximate surface area is 78.8 Å². The van der Waals surface area contributed by atoms with Crippen LogP contribution in [0.2, 0.25) is 0 Å². The maximum absolute atomic E-state index is 9.14. The number of hydrogen-bond acceptors (Lipinski definition) is 2. The van der Waals surface area contributed by atoms with Crippen LogP contribution in [0.15, 0.2) is 24.3 Å². The molecule has 0 aliphatic carbocycles. The van der Waals surface area contributed by atoms with Crippen molar-refractivity contribution in [1.29, 1.82) is 0 Å². The maximum Gasteiger partial charge on any atom is 0.116 e. The Morgan fingerprint density at radius 2 is 2.15 bits per heavy atom. The summed E-state index contributed by atoms with van der Waals surface area (Å²) in [5, 5.41) is 9.14. The lowest BCUT2D eigenvalue weighted by molar-refractivity contribution is 0.464. The summed E-state index contributed by atoms with van der Waals surface area (Å²) in [6, 6.07) is 6.96. The quantitative estimate of drug-likeness (QED) is 0.650. The molecule has 0 aliphatic heterocycles. The molecular weight excluding hydrogens is 162 g/mol. The average Bonchev–Trinajstić information content (AvgIpc) is 2.03. The highest BCUT2D eigenvalue weighted by Gasteiger charge is 1.88.